The predicted molar refractivity (Wildman–Crippen MR) is 77.9 cm³/mol. The van der Waals surface area contributed by atoms with Gasteiger partial charge in [0, 0.05) is 5.92 Å². The lowest BCUT2D eigenvalue weighted by Crippen LogP contribution is -2.44. The molecule has 2 heterocycles. The lowest BCUT2D eigenvalue weighted by atomic mass is 9.75. The number of nitrogens with zero attached hydrogens (tertiary/aromatic N) is 3. The SMILES string of the molecule is CCCC1(C(=O)O)CCN(Cc2noc(C(C)C)n2)CC1. The predicted octanol–water partition coefficient (Wildman–Crippen LogP) is 2.66. The third-order valence-corrected chi connectivity index (χ3v) is 4.34. The molecule has 0 amide bonds. The van der Waals surface area contributed by atoms with Crippen molar-refractivity contribution in [3.63, 3.8) is 0 Å². The third kappa shape index (κ3) is 3.61. The molecule has 1 saturated heterocycles. The highest BCUT2D eigenvalue weighted by molar-refractivity contribution is 5.74. The highest BCUT2D eigenvalue weighted by Gasteiger charge is 2.40. The van der Waals surface area contributed by atoms with E-state index in [-0.39, 0.29) is 5.92 Å². The molecule has 0 bridgehead atoms. The molecule has 0 aliphatic carbocycles. The van der Waals surface area contributed by atoms with Crippen LogP contribution in [0.15, 0.2) is 4.52 Å². The first kappa shape index (κ1) is 15.9. The minimum Gasteiger partial charge on any atom is -0.481 e. The first-order chi connectivity index (χ1) is 9.97. The molecule has 1 aromatic heterocycles. The number of carboxylic acid groups (broad SMARTS) is 1. The van der Waals surface area contributed by atoms with Crippen LogP contribution < -0.4 is 0 Å². The zero-order valence-corrected chi connectivity index (χ0v) is 13.1. The van der Waals surface area contributed by atoms with E-state index in [9.17, 15) is 9.90 Å². The van der Waals surface area contributed by atoms with Crippen LogP contribution in [-0.4, -0.2) is 39.2 Å². The molecule has 0 radical (unpaired) electrons. The van der Waals surface area contributed by atoms with Gasteiger partial charge >= 0.3 is 5.97 Å². The zero-order valence-electron chi connectivity index (χ0n) is 13.1. The van der Waals surface area contributed by atoms with Crippen LogP contribution >= 0.6 is 0 Å². The molecule has 0 aromatic carbocycles. The van der Waals surface area contributed by atoms with Crippen molar-refractivity contribution in [1.29, 1.82) is 0 Å². The van der Waals surface area contributed by atoms with Gasteiger partial charge in [0.1, 0.15) is 0 Å². The summed E-state index contributed by atoms with van der Waals surface area (Å²) < 4.78 is 5.20. The highest BCUT2D eigenvalue weighted by atomic mass is 16.5. The molecule has 21 heavy (non-hydrogen) atoms. The lowest BCUT2D eigenvalue weighted by molar-refractivity contribution is -0.152. The molecule has 0 unspecified atom stereocenters. The van der Waals surface area contributed by atoms with E-state index in [0.717, 1.165) is 25.9 Å². The van der Waals surface area contributed by atoms with Crippen LogP contribution in [-0.2, 0) is 11.3 Å². The van der Waals surface area contributed by atoms with Gasteiger partial charge in [-0.15, -0.1) is 0 Å². The van der Waals surface area contributed by atoms with Crippen molar-refractivity contribution < 1.29 is 14.4 Å². The van der Waals surface area contributed by atoms with Crippen molar-refractivity contribution in [1.82, 2.24) is 15.0 Å². The fourth-order valence-corrected chi connectivity index (χ4v) is 2.95. The van der Waals surface area contributed by atoms with Gasteiger partial charge in [0.15, 0.2) is 5.82 Å². The van der Waals surface area contributed by atoms with Crippen molar-refractivity contribution in [2.24, 2.45) is 5.41 Å². The van der Waals surface area contributed by atoms with Crippen molar-refractivity contribution in [2.45, 2.75) is 58.9 Å². The number of hydrogen-bond donors (Lipinski definition) is 1. The number of aromatic nitrogens is 2. The lowest BCUT2D eigenvalue weighted by Gasteiger charge is -2.38. The summed E-state index contributed by atoms with van der Waals surface area (Å²) >= 11 is 0. The summed E-state index contributed by atoms with van der Waals surface area (Å²) in [5.41, 5.74) is -0.536. The standard InChI is InChI=1S/C15H25N3O3/c1-4-5-15(14(19)20)6-8-18(9-7-15)10-12-16-13(11(2)3)21-17-12/h11H,4-10H2,1-3H3,(H,19,20). The van der Waals surface area contributed by atoms with E-state index in [2.05, 4.69) is 15.0 Å². The second-order valence-electron chi connectivity index (χ2n) is 6.32. The number of aliphatic carboxylic acids is 1. The van der Waals surface area contributed by atoms with Gasteiger partial charge in [0.2, 0.25) is 5.89 Å². The van der Waals surface area contributed by atoms with Crippen molar-refractivity contribution >= 4 is 5.97 Å². The fraction of sp³-hybridized carbons (Fsp3) is 0.800. The normalized spacial score (nSPS) is 19.0. The van der Waals surface area contributed by atoms with Gasteiger partial charge in [0.25, 0.3) is 0 Å². The molecule has 1 fully saturated rings. The number of likely N-dealkylation sites (tertiary alicyclic amines) is 1. The van der Waals surface area contributed by atoms with Crippen LogP contribution in [0.1, 0.15) is 64.1 Å². The van der Waals surface area contributed by atoms with E-state index in [1.165, 1.54) is 0 Å². The number of hydrogen-bond acceptors (Lipinski definition) is 5. The Bertz CT molecular complexity index is 476. The Morgan fingerprint density at radius 3 is 2.57 bits per heavy atom. The second-order valence-corrected chi connectivity index (χ2v) is 6.32. The van der Waals surface area contributed by atoms with E-state index in [0.29, 0.717) is 31.1 Å². The maximum atomic E-state index is 11.6. The summed E-state index contributed by atoms with van der Waals surface area (Å²) in [6.07, 6.45) is 3.07. The van der Waals surface area contributed by atoms with Crippen LogP contribution in [0.2, 0.25) is 0 Å². The van der Waals surface area contributed by atoms with Gasteiger partial charge in [-0.1, -0.05) is 32.3 Å². The summed E-state index contributed by atoms with van der Waals surface area (Å²) in [7, 11) is 0. The average Bonchev–Trinajstić information content (AvgIpc) is 2.90. The zero-order chi connectivity index (χ0) is 15.5. The monoisotopic (exact) mass is 295 g/mol. The molecule has 6 heteroatoms. The average molecular weight is 295 g/mol. The van der Waals surface area contributed by atoms with E-state index < -0.39 is 11.4 Å². The van der Waals surface area contributed by atoms with E-state index >= 15 is 0 Å². The minimum absolute atomic E-state index is 0.233. The number of piperidine rings is 1. The van der Waals surface area contributed by atoms with Gasteiger partial charge in [-0.3, -0.25) is 9.69 Å². The Morgan fingerprint density at radius 1 is 1.43 bits per heavy atom. The van der Waals surface area contributed by atoms with Crippen LogP contribution in [0.5, 0.6) is 0 Å². The molecule has 1 N–H and O–H groups in total. The molecule has 1 aliphatic rings. The Labute approximate surface area is 125 Å². The molecular weight excluding hydrogens is 270 g/mol. The first-order valence-electron chi connectivity index (χ1n) is 7.75. The van der Waals surface area contributed by atoms with Gasteiger partial charge in [-0.2, -0.15) is 4.98 Å². The molecule has 0 spiro atoms. The Morgan fingerprint density at radius 2 is 2.10 bits per heavy atom. The molecule has 6 nitrogen and oxygen atoms in total. The third-order valence-electron chi connectivity index (χ3n) is 4.34. The smallest absolute Gasteiger partial charge is 0.309 e. The Balaban J connectivity index is 1.92. The van der Waals surface area contributed by atoms with E-state index in [1.807, 2.05) is 20.8 Å². The van der Waals surface area contributed by atoms with E-state index in [1.54, 1.807) is 0 Å². The fourth-order valence-electron chi connectivity index (χ4n) is 2.95. The topological polar surface area (TPSA) is 79.5 Å². The van der Waals surface area contributed by atoms with Crippen LogP contribution in [0, 0.1) is 5.41 Å². The second kappa shape index (κ2) is 6.56. The number of rotatable bonds is 6. The maximum Gasteiger partial charge on any atom is 0.309 e. The van der Waals surface area contributed by atoms with Gasteiger partial charge in [0.05, 0.1) is 12.0 Å². The van der Waals surface area contributed by atoms with Crippen molar-refractivity contribution in [3.05, 3.63) is 11.7 Å². The van der Waals surface area contributed by atoms with E-state index in [4.69, 9.17) is 4.52 Å². The Kier molecular flexibility index (Phi) is 4.98. The molecule has 1 aliphatic heterocycles. The first-order valence-corrected chi connectivity index (χ1v) is 7.75. The largest absolute Gasteiger partial charge is 0.481 e. The Hall–Kier alpha value is -1.43. The summed E-state index contributed by atoms with van der Waals surface area (Å²) in [5.74, 6) is 0.937. The minimum atomic E-state index is -0.648. The molecule has 118 valence electrons. The summed E-state index contributed by atoms with van der Waals surface area (Å²) in [4.78, 5) is 18.1. The molecular formula is C15H25N3O3. The summed E-state index contributed by atoms with van der Waals surface area (Å²) in [6.45, 7) is 8.27. The number of carboxylic acids is 1. The van der Waals surface area contributed by atoms with Crippen LogP contribution in [0.3, 0.4) is 0 Å². The van der Waals surface area contributed by atoms with Crippen molar-refractivity contribution in [3.8, 4) is 0 Å². The molecule has 0 saturated carbocycles. The molecule has 0 atom stereocenters. The maximum absolute atomic E-state index is 11.6. The summed E-state index contributed by atoms with van der Waals surface area (Å²) in [6, 6.07) is 0. The molecule has 1 aromatic rings. The quantitative estimate of drug-likeness (QED) is 0.869. The number of carbonyl (C=O) groups is 1. The van der Waals surface area contributed by atoms with Crippen LogP contribution in [0.4, 0.5) is 0 Å². The van der Waals surface area contributed by atoms with Gasteiger partial charge < -0.3 is 9.63 Å². The van der Waals surface area contributed by atoms with Crippen LogP contribution in [0.25, 0.3) is 0 Å². The summed E-state index contributed by atoms with van der Waals surface area (Å²) in [5, 5.41) is 13.5. The molecule has 2 rings (SSSR count). The van der Waals surface area contributed by atoms with Gasteiger partial charge in [-0.25, -0.2) is 0 Å². The van der Waals surface area contributed by atoms with Gasteiger partial charge in [-0.05, 0) is 32.4 Å². The van der Waals surface area contributed by atoms with Crippen molar-refractivity contribution in [2.75, 3.05) is 13.1 Å². The highest BCUT2D eigenvalue weighted by Crippen LogP contribution is 2.36.